The number of carbonyl (C=O) groups is 1. The minimum atomic E-state index is -4.47. The number of anilines is 2. The first kappa shape index (κ1) is 24.9. The number of ether oxygens (including phenoxy) is 1. The van der Waals surface area contributed by atoms with Crippen LogP contribution in [0.2, 0.25) is 0 Å². The number of fused-ring (bicyclic) bond motifs is 3. The van der Waals surface area contributed by atoms with Crippen molar-refractivity contribution in [1.29, 1.82) is 0 Å². The van der Waals surface area contributed by atoms with Crippen LogP contribution < -0.4 is 19.9 Å². The van der Waals surface area contributed by atoms with Gasteiger partial charge in [0.1, 0.15) is 11.6 Å². The summed E-state index contributed by atoms with van der Waals surface area (Å²) in [5.74, 6) is -0.632. The summed E-state index contributed by atoms with van der Waals surface area (Å²) in [6, 6.07) is 17.3. The maximum atomic E-state index is 14.1. The molecule has 1 amide bonds. The maximum Gasteiger partial charge on any atom is 0.416 e. The third-order valence-electron chi connectivity index (χ3n) is 7.21. The normalized spacial score (nSPS) is 19.2. The van der Waals surface area contributed by atoms with Gasteiger partial charge in [-0.25, -0.2) is 4.39 Å². The summed E-state index contributed by atoms with van der Waals surface area (Å²) in [5, 5.41) is 2.82. The Morgan fingerprint density at radius 3 is 2.62 bits per heavy atom. The fourth-order valence-corrected chi connectivity index (χ4v) is 5.30. The van der Waals surface area contributed by atoms with E-state index in [9.17, 15) is 22.4 Å². The van der Waals surface area contributed by atoms with Crippen LogP contribution in [0, 0.1) is 11.7 Å². The summed E-state index contributed by atoms with van der Waals surface area (Å²) in [4.78, 5) is 17.7. The third kappa shape index (κ3) is 5.08. The van der Waals surface area contributed by atoms with Crippen LogP contribution in [0.3, 0.4) is 0 Å². The first-order chi connectivity index (χ1) is 17.7. The van der Waals surface area contributed by atoms with Crippen molar-refractivity contribution in [3.8, 4) is 5.75 Å². The van der Waals surface area contributed by atoms with E-state index in [-0.39, 0.29) is 24.9 Å². The first-order valence-corrected chi connectivity index (χ1v) is 12.1. The number of hydrogen-bond acceptors (Lipinski definition) is 4. The van der Waals surface area contributed by atoms with Crippen LogP contribution in [-0.4, -0.2) is 38.7 Å². The van der Waals surface area contributed by atoms with E-state index < -0.39 is 23.5 Å². The molecule has 2 aliphatic heterocycles. The lowest BCUT2D eigenvalue weighted by atomic mass is 9.82. The summed E-state index contributed by atoms with van der Waals surface area (Å²) in [6.45, 7) is 1.68. The number of hydrogen-bond donors (Lipinski definition) is 1. The molecule has 9 heteroatoms. The number of amides is 1. The van der Waals surface area contributed by atoms with Gasteiger partial charge in [-0.1, -0.05) is 24.3 Å². The molecule has 194 valence electrons. The summed E-state index contributed by atoms with van der Waals surface area (Å²) >= 11 is 0. The molecule has 1 N–H and O–H groups in total. The molecule has 3 aromatic rings. The molecule has 0 radical (unpaired) electrons. The number of halogens is 4. The van der Waals surface area contributed by atoms with Gasteiger partial charge in [0.25, 0.3) is 0 Å². The van der Waals surface area contributed by atoms with Crippen LogP contribution in [0.15, 0.2) is 66.7 Å². The fourth-order valence-electron chi connectivity index (χ4n) is 5.30. The van der Waals surface area contributed by atoms with Crippen LogP contribution in [0.5, 0.6) is 5.75 Å². The number of carbonyl (C=O) groups excluding carboxylic acids is 1. The topological polar surface area (TPSA) is 44.8 Å². The van der Waals surface area contributed by atoms with Crippen LogP contribution in [0.4, 0.5) is 28.9 Å². The van der Waals surface area contributed by atoms with Crippen LogP contribution in [0.25, 0.3) is 0 Å². The molecule has 1 fully saturated rings. The van der Waals surface area contributed by atoms with Gasteiger partial charge in [0.05, 0.1) is 24.6 Å². The number of benzene rings is 3. The molecule has 3 aromatic carbocycles. The van der Waals surface area contributed by atoms with E-state index in [1.165, 1.54) is 12.1 Å². The highest BCUT2D eigenvalue weighted by Gasteiger charge is 2.42. The lowest BCUT2D eigenvalue weighted by Crippen LogP contribution is -2.61. The van der Waals surface area contributed by atoms with Crippen molar-refractivity contribution in [2.24, 2.45) is 5.92 Å². The van der Waals surface area contributed by atoms with E-state index in [4.69, 9.17) is 4.74 Å². The van der Waals surface area contributed by atoms with E-state index in [2.05, 4.69) is 10.2 Å². The quantitative estimate of drug-likeness (QED) is 0.486. The molecular weight excluding hydrogens is 486 g/mol. The summed E-state index contributed by atoms with van der Waals surface area (Å²) < 4.78 is 59.8. The largest absolute Gasteiger partial charge is 0.497 e. The molecule has 2 atom stereocenters. The molecule has 2 unspecified atom stereocenters. The Morgan fingerprint density at radius 2 is 1.86 bits per heavy atom. The van der Waals surface area contributed by atoms with Gasteiger partial charge in [0.2, 0.25) is 5.91 Å². The van der Waals surface area contributed by atoms with Gasteiger partial charge in [-0.3, -0.25) is 4.79 Å². The number of nitrogens with one attached hydrogen (secondary N) is 1. The molecule has 0 aliphatic carbocycles. The van der Waals surface area contributed by atoms with Crippen molar-refractivity contribution in [3.63, 3.8) is 0 Å². The van der Waals surface area contributed by atoms with Crippen molar-refractivity contribution >= 4 is 17.3 Å². The van der Waals surface area contributed by atoms with Gasteiger partial charge < -0.3 is 19.9 Å². The Kier molecular flexibility index (Phi) is 6.70. The summed E-state index contributed by atoms with van der Waals surface area (Å²) in [5.41, 5.74) is 1.78. The minimum absolute atomic E-state index is 0.00374. The predicted octanol–water partition coefficient (Wildman–Crippen LogP) is 5.04. The Bertz CT molecular complexity index is 1300. The van der Waals surface area contributed by atoms with Crippen molar-refractivity contribution in [2.75, 3.05) is 36.5 Å². The van der Waals surface area contributed by atoms with Crippen molar-refractivity contribution in [2.45, 2.75) is 25.2 Å². The Hall–Kier alpha value is -3.75. The number of rotatable bonds is 5. The van der Waals surface area contributed by atoms with Gasteiger partial charge >= 0.3 is 6.18 Å². The monoisotopic (exact) mass is 513 g/mol. The second kappa shape index (κ2) is 9.95. The molecule has 37 heavy (non-hydrogen) atoms. The highest BCUT2D eigenvalue weighted by molar-refractivity contribution is 5.82. The Balaban J connectivity index is 1.45. The molecule has 2 heterocycles. The standard InChI is InChI=1S/C28H27F4N3O2/c1-37-22-7-4-6-21(15-22)34-11-12-35-25-10-9-20(28(30,31)32)13-19(25)14-23(26(35)17-34)27(36)33-16-18-5-2-3-8-24(18)29/h2-10,13,15,23,26H,11-12,14,16-17H2,1H3,(H,33,36). The van der Waals surface area contributed by atoms with E-state index in [0.717, 1.165) is 23.5 Å². The second-order valence-electron chi connectivity index (χ2n) is 9.37. The van der Waals surface area contributed by atoms with Crippen molar-refractivity contribution in [3.05, 3.63) is 89.2 Å². The van der Waals surface area contributed by atoms with Gasteiger partial charge in [0, 0.05) is 49.2 Å². The molecule has 0 aromatic heterocycles. The number of alkyl halides is 3. The highest BCUT2D eigenvalue weighted by atomic mass is 19.4. The zero-order valence-electron chi connectivity index (χ0n) is 20.3. The summed E-state index contributed by atoms with van der Waals surface area (Å²) in [6.07, 6.45) is -4.31. The van der Waals surface area contributed by atoms with Crippen molar-refractivity contribution < 1.29 is 27.1 Å². The van der Waals surface area contributed by atoms with Crippen LogP contribution in [-0.2, 0) is 23.9 Å². The minimum Gasteiger partial charge on any atom is -0.497 e. The van der Waals surface area contributed by atoms with Gasteiger partial charge in [0.15, 0.2) is 0 Å². The van der Waals surface area contributed by atoms with Crippen LogP contribution >= 0.6 is 0 Å². The lowest BCUT2D eigenvalue weighted by molar-refractivity contribution is -0.137. The Labute approximate surface area is 212 Å². The molecule has 5 rings (SSSR count). The number of piperazine rings is 1. The van der Waals surface area contributed by atoms with E-state index in [1.54, 1.807) is 25.3 Å². The zero-order chi connectivity index (χ0) is 26.2. The molecular formula is C28H27F4N3O2. The predicted molar refractivity (Wildman–Crippen MR) is 133 cm³/mol. The van der Waals surface area contributed by atoms with E-state index in [0.29, 0.717) is 36.5 Å². The lowest BCUT2D eigenvalue weighted by Gasteiger charge is -2.49. The van der Waals surface area contributed by atoms with E-state index >= 15 is 0 Å². The molecule has 0 bridgehead atoms. The Morgan fingerprint density at radius 1 is 1.05 bits per heavy atom. The average Bonchev–Trinajstić information content (AvgIpc) is 2.90. The number of nitrogens with zero attached hydrogens (tertiary/aromatic N) is 2. The molecule has 0 saturated carbocycles. The summed E-state index contributed by atoms with van der Waals surface area (Å²) in [7, 11) is 1.60. The van der Waals surface area contributed by atoms with E-state index in [1.807, 2.05) is 29.2 Å². The molecule has 5 nitrogen and oxygen atoms in total. The fraction of sp³-hybridized carbons (Fsp3) is 0.321. The average molecular weight is 514 g/mol. The van der Waals surface area contributed by atoms with Gasteiger partial charge in [-0.2, -0.15) is 13.2 Å². The SMILES string of the molecule is COc1cccc(N2CCN3c4ccc(C(F)(F)F)cc4CC(C(=O)NCc4ccccc4F)C3C2)c1. The third-order valence-corrected chi connectivity index (χ3v) is 7.21. The molecule has 2 aliphatic rings. The second-order valence-corrected chi connectivity index (χ2v) is 9.37. The highest BCUT2D eigenvalue weighted by Crippen LogP contribution is 2.40. The van der Waals surface area contributed by atoms with Gasteiger partial charge in [-0.05, 0) is 48.4 Å². The molecule has 1 saturated heterocycles. The maximum absolute atomic E-state index is 14.1. The first-order valence-electron chi connectivity index (χ1n) is 12.1. The smallest absolute Gasteiger partial charge is 0.416 e. The van der Waals surface area contributed by atoms with Crippen molar-refractivity contribution in [1.82, 2.24) is 5.32 Å². The molecule has 0 spiro atoms. The van der Waals surface area contributed by atoms with Gasteiger partial charge in [-0.15, -0.1) is 0 Å². The van der Waals surface area contributed by atoms with Crippen LogP contribution in [0.1, 0.15) is 16.7 Å². The number of methoxy groups -OCH3 is 1. The zero-order valence-corrected chi connectivity index (χ0v) is 20.3.